The molecule has 0 spiro atoms. The molecule has 29 heavy (non-hydrogen) atoms. The van der Waals surface area contributed by atoms with Crippen LogP contribution in [0, 0.1) is 17.6 Å². The molecule has 1 atom stereocenters. The number of benzene rings is 1. The first-order valence-corrected chi connectivity index (χ1v) is 10.1. The van der Waals surface area contributed by atoms with Gasteiger partial charge in [0, 0.05) is 44.8 Å². The Morgan fingerprint density at radius 3 is 2.28 bits per heavy atom. The van der Waals surface area contributed by atoms with E-state index in [1.807, 2.05) is 19.0 Å². The summed E-state index contributed by atoms with van der Waals surface area (Å²) >= 11 is 0. The van der Waals surface area contributed by atoms with Crippen LogP contribution in [0.2, 0.25) is 0 Å². The van der Waals surface area contributed by atoms with Gasteiger partial charge in [-0.15, -0.1) is 24.0 Å². The van der Waals surface area contributed by atoms with Crippen LogP contribution >= 0.6 is 24.0 Å². The molecular formula is C21H36F2IN5. The second-order valence-electron chi connectivity index (χ2n) is 8.18. The minimum Gasteiger partial charge on any atom is -0.354 e. The van der Waals surface area contributed by atoms with Gasteiger partial charge in [-0.2, -0.15) is 0 Å². The number of rotatable bonds is 7. The number of nitrogens with one attached hydrogen (secondary N) is 2. The largest absolute Gasteiger partial charge is 0.354 e. The average Bonchev–Trinajstić information content (AvgIpc) is 2.63. The van der Waals surface area contributed by atoms with Crippen LogP contribution in [0.15, 0.2) is 23.2 Å². The molecule has 1 unspecified atom stereocenters. The zero-order valence-corrected chi connectivity index (χ0v) is 20.5. The first-order chi connectivity index (χ1) is 13.3. The van der Waals surface area contributed by atoms with Crippen LogP contribution in [-0.2, 0) is 0 Å². The summed E-state index contributed by atoms with van der Waals surface area (Å²) in [7, 11) is 5.36. The Morgan fingerprint density at radius 1 is 1.21 bits per heavy atom. The SMILES string of the molecule is CN=C(NCC(c1c(F)cccc1F)N(C)C)NC1CCN(CC(C)C)CC1.I. The lowest BCUT2D eigenvalue weighted by atomic mass is 10.0. The lowest BCUT2D eigenvalue weighted by Gasteiger charge is -2.34. The van der Waals surface area contributed by atoms with Gasteiger partial charge in [0.25, 0.3) is 0 Å². The van der Waals surface area contributed by atoms with Crippen LogP contribution in [0.1, 0.15) is 38.3 Å². The van der Waals surface area contributed by atoms with Gasteiger partial charge in [-0.1, -0.05) is 19.9 Å². The van der Waals surface area contributed by atoms with E-state index in [0.717, 1.165) is 32.5 Å². The lowest BCUT2D eigenvalue weighted by Crippen LogP contribution is -2.50. The van der Waals surface area contributed by atoms with Crippen molar-refractivity contribution in [1.82, 2.24) is 20.4 Å². The summed E-state index contributed by atoms with van der Waals surface area (Å²) < 4.78 is 28.4. The number of piperidine rings is 1. The van der Waals surface area contributed by atoms with Crippen molar-refractivity contribution in [1.29, 1.82) is 0 Å². The molecular weight excluding hydrogens is 487 g/mol. The fourth-order valence-corrected chi connectivity index (χ4v) is 3.73. The molecule has 2 rings (SSSR count). The number of hydrogen-bond acceptors (Lipinski definition) is 3. The predicted octanol–water partition coefficient (Wildman–Crippen LogP) is 3.47. The first-order valence-electron chi connectivity index (χ1n) is 10.1. The van der Waals surface area contributed by atoms with E-state index in [1.165, 1.54) is 18.2 Å². The summed E-state index contributed by atoms with van der Waals surface area (Å²) in [6.07, 6.45) is 2.12. The van der Waals surface area contributed by atoms with Gasteiger partial charge in [0.1, 0.15) is 11.6 Å². The van der Waals surface area contributed by atoms with E-state index in [2.05, 4.69) is 34.4 Å². The van der Waals surface area contributed by atoms with Gasteiger partial charge in [0.05, 0.1) is 6.04 Å². The highest BCUT2D eigenvalue weighted by atomic mass is 127. The van der Waals surface area contributed by atoms with E-state index < -0.39 is 17.7 Å². The van der Waals surface area contributed by atoms with Crippen molar-refractivity contribution in [3.8, 4) is 0 Å². The van der Waals surface area contributed by atoms with Crippen LogP contribution in [0.25, 0.3) is 0 Å². The van der Waals surface area contributed by atoms with E-state index >= 15 is 0 Å². The molecule has 2 N–H and O–H groups in total. The number of likely N-dealkylation sites (tertiary alicyclic amines) is 1. The van der Waals surface area contributed by atoms with Crippen LogP contribution in [-0.4, -0.2) is 69.1 Å². The third-order valence-electron chi connectivity index (χ3n) is 5.19. The van der Waals surface area contributed by atoms with Crippen LogP contribution in [0.3, 0.4) is 0 Å². The van der Waals surface area contributed by atoms with Gasteiger partial charge in [-0.25, -0.2) is 8.78 Å². The summed E-state index contributed by atoms with van der Waals surface area (Å²) in [6.45, 7) is 8.14. The molecule has 0 bridgehead atoms. The number of aliphatic imine (C=N–C) groups is 1. The molecule has 0 amide bonds. The van der Waals surface area contributed by atoms with Crippen molar-refractivity contribution in [3.05, 3.63) is 35.4 Å². The monoisotopic (exact) mass is 523 g/mol. The Kier molecular flexibility index (Phi) is 11.3. The molecule has 1 aliphatic rings. The molecule has 1 saturated heterocycles. The molecule has 0 radical (unpaired) electrons. The third kappa shape index (κ3) is 7.97. The van der Waals surface area contributed by atoms with E-state index in [1.54, 1.807) is 7.05 Å². The fourth-order valence-electron chi connectivity index (χ4n) is 3.73. The summed E-state index contributed by atoms with van der Waals surface area (Å²) in [5, 5.41) is 6.71. The third-order valence-corrected chi connectivity index (χ3v) is 5.19. The van der Waals surface area contributed by atoms with Crippen molar-refractivity contribution in [2.45, 2.75) is 38.8 Å². The molecule has 0 saturated carbocycles. The van der Waals surface area contributed by atoms with Crippen LogP contribution in [0.5, 0.6) is 0 Å². The summed E-state index contributed by atoms with van der Waals surface area (Å²) in [5.74, 6) is 0.300. The highest BCUT2D eigenvalue weighted by Gasteiger charge is 2.24. The second-order valence-corrected chi connectivity index (χ2v) is 8.18. The zero-order valence-electron chi connectivity index (χ0n) is 18.2. The van der Waals surface area contributed by atoms with Gasteiger partial charge >= 0.3 is 0 Å². The number of halogens is 3. The van der Waals surface area contributed by atoms with E-state index in [-0.39, 0.29) is 29.5 Å². The average molecular weight is 523 g/mol. The topological polar surface area (TPSA) is 42.9 Å². The van der Waals surface area contributed by atoms with Crippen molar-refractivity contribution in [2.24, 2.45) is 10.9 Å². The van der Waals surface area contributed by atoms with Crippen LogP contribution in [0.4, 0.5) is 8.78 Å². The van der Waals surface area contributed by atoms with Gasteiger partial charge in [0.15, 0.2) is 5.96 Å². The molecule has 0 aromatic heterocycles. The highest BCUT2D eigenvalue weighted by Crippen LogP contribution is 2.24. The van der Waals surface area contributed by atoms with Crippen molar-refractivity contribution in [3.63, 3.8) is 0 Å². The van der Waals surface area contributed by atoms with Gasteiger partial charge in [-0.3, -0.25) is 4.99 Å². The Morgan fingerprint density at radius 2 is 1.79 bits per heavy atom. The Labute approximate surface area is 191 Å². The van der Waals surface area contributed by atoms with E-state index in [0.29, 0.717) is 24.5 Å². The molecule has 5 nitrogen and oxygen atoms in total. The van der Waals surface area contributed by atoms with E-state index in [4.69, 9.17) is 0 Å². The molecule has 1 aromatic rings. The van der Waals surface area contributed by atoms with E-state index in [9.17, 15) is 8.78 Å². The minimum absolute atomic E-state index is 0. The molecule has 166 valence electrons. The molecule has 8 heteroatoms. The maximum Gasteiger partial charge on any atom is 0.191 e. The molecule has 0 aliphatic carbocycles. The quantitative estimate of drug-likeness (QED) is 0.327. The predicted molar refractivity (Wildman–Crippen MR) is 127 cm³/mol. The summed E-state index contributed by atoms with van der Waals surface area (Å²) in [6, 6.07) is 3.91. The summed E-state index contributed by atoms with van der Waals surface area (Å²) in [4.78, 5) is 8.61. The Hall–Kier alpha value is -1.00. The molecule has 1 aliphatic heterocycles. The smallest absolute Gasteiger partial charge is 0.191 e. The fraction of sp³-hybridized carbons (Fsp3) is 0.667. The molecule has 1 fully saturated rings. The number of hydrogen-bond donors (Lipinski definition) is 2. The number of likely N-dealkylation sites (N-methyl/N-ethyl adjacent to an activating group) is 1. The van der Waals surface area contributed by atoms with Gasteiger partial charge < -0.3 is 20.4 Å². The lowest BCUT2D eigenvalue weighted by molar-refractivity contribution is 0.186. The number of guanidine groups is 1. The maximum absolute atomic E-state index is 14.2. The maximum atomic E-state index is 14.2. The Balaban J connectivity index is 0.00000420. The van der Waals surface area contributed by atoms with Crippen molar-refractivity contribution < 1.29 is 8.78 Å². The first kappa shape index (κ1) is 26.0. The van der Waals surface area contributed by atoms with Gasteiger partial charge in [-0.05, 0) is 45.0 Å². The normalized spacial score (nSPS) is 17.3. The minimum atomic E-state index is -0.527. The highest BCUT2D eigenvalue weighted by molar-refractivity contribution is 14.0. The zero-order chi connectivity index (χ0) is 20.7. The molecule has 1 heterocycles. The standard InChI is InChI=1S/C21H35F2N5.HI/c1-15(2)14-28-11-9-16(10-12-28)26-21(24-3)25-13-19(27(4)5)20-17(22)7-6-8-18(20)23;/h6-8,15-16,19H,9-14H2,1-5H3,(H2,24,25,26);1H. The number of nitrogens with zero attached hydrogens (tertiary/aromatic N) is 3. The molecule has 1 aromatic carbocycles. The second kappa shape index (κ2) is 12.6. The van der Waals surface area contributed by atoms with Crippen LogP contribution < -0.4 is 10.6 Å². The van der Waals surface area contributed by atoms with Crippen molar-refractivity contribution >= 4 is 29.9 Å². The van der Waals surface area contributed by atoms with Gasteiger partial charge in [0.2, 0.25) is 0 Å². The van der Waals surface area contributed by atoms with Crippen molar-refractivity contribution in [2.75, 3.05) is 47.3 Å². The summed E-state index contributed by atoms with van der Waals surface area (Å²) in [5.41, 5.74) is 0.0810. The Bertz CT molecular complexity index is 626.